The van der Waals surface area contributed by atoms with Crippen LogP contribution in [0.4, 0.5) is 0 Å². The summed E-state index contributed by atoms with van der Waals surface area (Å²) in [5.41, 5.74) is 0.664. The Bertz CT molecular complexity index is 476. The Morgan fingerprint density at radius 1 is 1.37 bits per heavy atom. The highest BCUT2D eigenvalue weighted by atomic mass is 35.5. The second-order valence-corrected chi connectivity index (χ2v) is 4.35. The molecule has 0 aliphatic heterocycles. The standard InChI is InChI=1S/C13H16ClNO4/c1-8(13(17)19-3)15-12(16)6-9-4-5-10(18-2)7-11(9)14/h4-5,7-8H,6H2,1-3H3,(H,15,16)/t8-/m0/s1. The minimum Gasteiger partial charge on any atom is -0.497 e. The number of carbonyl (C=O) groups excluding carboxylic acids is 2. The number of hydrogen-bond acceptors (Lipinski definition) is 4. The van der Waals surface area contributed by atoms with E-state index in [0.29, 0.717) is 16.3 Å². The Morgan fingerprint density at radius 3 is 2.58 bits per heavy atom. The van der Waals surface area contributed by atoms with Gasteiger partial charge in [0.05, 0.1) is 20.6 Å². The van der Waals surface area contributed by atoms with Gasteiger partial charge in [-0.3, -0.25) is 4.79 Å². The molecule has 0 saturated carbocycles. The molecule has 1 amide bonds. The van der Waals surface area contributed by atoms with Gasteiger partial charge in [0, 0.05) is 5.02 Å². The van der Waals surface area contributed by atoms with Gasteiger partial charge in [-0.2, -0.15) is 0 Å². The highest BCUT2D eigenvalue weighted by molar-refractivity contribution is 6.31. The maximum Gasteiger partial charge on any atom is 0.328 e. The second kappa shape index (κ2) is 6.99. The quantitative estimate of drug-likeness (QED) is 0.834. The van der Waals surface area contributed by atoms with E-state index in [1.165, 1.54) is 14.2 Å². The Kier molecular flexibility index (Phi) is 5.63. The summed E-state index contributed by atoms with van der Waals surface area (Å²) in [5, 5.41) is 2.98. The summed E-state index contributed by atoms with van der Waals surface area (Å²) in [5.74, 6) is -0.170. The predicted octanol–water partition coefficient (Wildman–Crippen LogP) is 1.57. The Morgan fingerprint density at radius 2 is 2.05 bits per heavy atom. The van der Waals surface area contributed by atoms with Crippen molar-refractivity contribution in [2.75, 3.05) is 14.2 Å². The molecule has 0 saturated heterocycles. The molecule has 6 heteroatoms. The second-order valence-electron chi connectivity index (χ2n) is 3.95. The van der Waals surface area contributed by atoms with Crippen LogP contribution < -0.4 is 10.1 Å². The number of rotatable bonds is 5. The van der Waals surface area contributed by atoms with E-state index < -0.39 is 12.0 Å². The van der Waals surface area contributed by atoms with E-state index in [1.807, 2.05) is 0 Å². The maximum atomic E-state index is 11.7. The number of methoxy groups -OCH3 is 2. The van der Waals surface area contributed by atoms with Gasteiger partial charge >= 0.3 is 5.97 Å². The third kappa shape index (κ3) is 4.44. The molecule has 0 aromatic heterocycles. The molecule has 19 heavy (non-hydrogen) atoms. The minimum atomic E-state index is -0.686. The molecule has 5 nitrogen and oxygen atoms in total. The molecule has 0 aliphatic rings. The van der Waals surface area contributed by atoms with E-state index in [1.54, 1.807) is 25.1 Å². The Labute approximate surface area is 116 Å². The zero-order chi connectivity index (χ0) is 14.4. The number of hydrogen-bond donors (Lipinski definition) is 1. The van der Waals surface area contributed by atoms with Gasteiger partial charge in [-0.05, 0) is 24.6 Å². The van der Waals surface area contributed by atoms with E-state index in [4.69, 9.17) is 16.3 Å². The summed E-state index contributed by atoms with van der Waals surface area (Å²) in [7, 11) is 2.81. The van der Waals surface area contributed by atoms with Gasteiger partial charge in [-0.15, -0.1) is 0 Å². The molecule has 1 aromatic rings. The molecule has 104 valence electrons. The first-order valence-electron chi connectivity index (χ1n) is 5.67. The maximum absolute atomic E-state index is 11.7. The highest BCUT2D eigenvalue weighted by Crippen LogP contribution is 2.22. The van der Waals surface area contributed by atoms with Crippen LogP contribution >= 0.6 is 11.6 Å². The summed E-state index contributed by atoms with van der Waals surface area (Å²) in [6, 6.07) is 4.38. The van der Waals surface area contributed by atoms with Crippen molar-refractivity contribution in [3.63, 3.8) is 0 Å². The number of nitrogens with one attached hydrogen (secondary N) is 1. The fraction of sp³-hybridized carbons (Fsp3) is 0.385. The van der Waals surface area contributed by atoms with Crippen LogP contribution in [0, 0.1) is 0 Å². The van der Waals surface area contributed by atoms with Crippen molar-refractivity contribution in [3.8, 4) is 5.75 Å². The smallest absolute Gasteiger partial charge is 0.328 e. The summed E-state index contributed by atoms with van der Waals surface area (Å²) < 4.78 is 9.54. The van der Waals surface area contributed by atoms with Crippen LogP contribution in [0.25, 0.3) is 0 Å². The van der Waals surface area contributed by atoms with Crippen LogP contribution in [0.5, 0.6) is 5.75 Å². The van der Waals surface area contributed by atoms with Crippen LogP contribution in [0.3, 0.4) is 0 Å². The first-order chi connectivity index (χ1) is 8.97. The van der Waals surface area contributed by atoms with E-state index in [9.17, 15) is 9.59 Å². The number of benzene rings is 1. The lowest BCUT2D eigenvalue weighted by Gasteiger charge is -2.12. The lowest BCUT2D eigenvalue weighted by atomic mass is 10.1. The number of carbonyl (C=O) groups is 2. The monoisotopic (exact) mass is 285 g/mol. The lowest BCUT2D eigenvalue weighted by molar-refractivity contribution is -0.144. The number of esters is 1. The van der Waals surface area contributed by atoms with Crippen molar-refractivity contribution in [1.29, 1.82) is 0 Å². The highest BCUT2D eigenvalue weighted by Gasteiger charge is 2.16. The van der Waals surface area contributed by atoms with Crippen molar-refractivity contribution in [2.24, 2.45) is 0 Å². The van der Waals surface area contributed by atoms with Gasteiger partial charge in [-0.25, -0.2) is 4.79 Å². The SMILES string of the molecule is COC(=O)[C@H](C)NC(=O)Cc1ccc(OC)cc1Cl. The summed E-state index contributed by atoms with van der Waals surface area (Å²) >= 11 is 6.03. The number of amides is 1. The van der Waals surface area contributed by atoms with Crippen LogP contribution in [0.15, 0.2) is 18.2 Å². The summed E-state index contributed by atoms with van der Waals surface area (Å²) in [6.45, 7) is 1.55. The Hall–Kier alpha value is -1.75. The van der Waals surface area contributed by atoms with Crippen molar-refractivity contribution in [2.45, 2.75) is 19.4 Å². The summed E-state index contributed by atoms with van der Waals surface area (Å²) in [4.78, 5) is 22.9. The Balaban J connectivity index is 2.64. The van der Waals surface area contributed by atoms with E-state index >= 15 is 0 Å². The average Bonchev–Trinajstić information content (AvgIpc) is 2.39. The first kappa shape index (κ1) is 15.3. The predicted molar refractivity (Wildman–Crippen MR) is 71.3 cm³/mol. The molecule has 0 bridgehead atoms. The third-order valence-electron chi connectivity index (χ3n) is 2.54. The van der Waals surface area contributed by atoms with Gasteiger partial charge in [-0.1, -0.05) is 17.7 Å². The molecule has 0 spiro atoms. The number of halogens is 1. The fourth-order valence-corrected chi connectivity index (χ4v) is 1.74. The van der Waals surface area contributed by atoms with Crippen molar-refractivity contribution in [3.05, 3.63) is 28.8 Å². The first-order valence-corrected chi connectivity index (χ1v) is 6.05. The lowest BCUT2D eigenvalue weighted by Crippen LogP contribution is -2.39. The molecule has 0 fully saturated rings. The van der Waals surface area contributed by atoms with Gasteiger partial charge in [0.2, 0.25) is 5.91 Å². The zero-order valence-electron chi connectivity index (χ0n) is 11.0. The van der Waals surface area contributed by atoms with E-state index in [2.05, 4.69) is 10.1 Å². The molecule has 1 rings (SSSR count). The molecular weight excluding hydrogens is 270 g/mol. The fourth-order valence-electron chi connectivity index (χ4n) is 1.50. The van der Waals surface area contributed by atoms with Crippen LogP contribution in [-0.4, -0.2) is 32.1 Å². The van der Waals surface area contributed by atoms with Gasteiger partial charge < -0.3 is 14.8 Å². The molecular formula is C13H16ClNO4. The van der Waals surface area contributed by atoms with Gasteiger partial charge in [0.1, 0.15) is 11.8 Å². The van der Waals surface area contributed by atoms with Gasteiger partial charge in [0.15, 0.2) is 0 Å². The van der Waals surface area contributed by atoms with E-state index in [0.717, 1.165) is 0 Å². The normalized spacial score (nSPS) is 11.6. The van der Waals surface area contributed by atoms with Crippen molar-refractivity contribution >= 4 is 23.5 Å². The third-order valence-corrected chi connectivity index (χ3v) is 2.90. The molecule has 0 radical (unpaired) electrons. The molecule has 1 aromatic carbocycles. The van der Waals surface area contributed by atoms with Crippen LogP contribution in [0.2, 0.25) is 5.02 Å². The minimum absolute atomic E-state index is 0.0875. The molecule has 0 unspecified atom stereocenters. The van der Waals surface area contributed by atoms with Crippen molar-refractivity contribution < 1.29 is 19.1 Å². The number of ether oxygens (including phenoxy) is 2. The topological polar surface area (TPSA) is 64.6 Å². The van der Waals surface area contributed by atoms with E-state index in [-0.39, 0.29) is 12.3 Å². The largest absolute Gasteiger partial charge is 0.497 e. The molecule has 0 aliphatic carbocycles. The van der Waals surface area contributed by atoms with Crippen LogP contribution in [0.1, 0.15) is 12.5 Å². The summed E-state index contributed by atoms with van der Waals surface area (Å²) in [6.07, 6.45) is 0.0875. The van der Waals surface area contributed by atoms with Crippen molar-refractivity contribution in [1.82, 2.24) is 5.32 Å². The average molecular weight is 286 g/mol. The molecule has 1 N–H and O–H groups in total. The van der Waals surface area contributed by atoms with Crippen LogP contribution in [-0.2, 0) is 20.7 Å². The van der Waals surface area contributed by atoms with Gasteiger partial charge in [0.25, 0.3) is 0 Å². The molecule has 1 atom stereocenters. The molecule has 0 heterocycles. The zero-order valence-corrected chi connectivity index (χ0v) is 11.8.